The third kappa shape index (κ3) is 3.63. The first-order valence-electron chi connectivity index (χ1n) is 7.08. The minimum atomic E-state index is 0.148. The SMILES string of the molecule is CN1CCC(CN(C)c2ccc(C(N)=NO)cc2)CC1. The molecule has 1 aliphatic heterocycles. The second-order valence-corrected chi connectivity index (χ2v) is 5.66. The Labute approximate surface area is 120 Å². The van der Waals surface area contributed by atoms with Crippen LogP contribution in [-0.2, 0) is 0 Å². The van der Waals surface area contributed by atoms with Crippen molar-refractivity contribution in [3.8, 4) is 0 Å². The average Bonchev–Trinajstić information content (AvgIpc) is 2.49. The molecule has 0 radical (unpaired) electrons. The fourth-order valence-corrected chi connectivity index (χ4v) is 2.68. The number of benzene rings is 1. The molecule has 1 fully saturated rings. The van der Waals surface area contributed by atoms with Gasteiger partial charge in [-0.05, 0) is 63.2 Å². The van der Waals surface area contributed by atoms with Crippen LogP contribution in [0.4, 0.5) is 5.69 Å². The van der Waals surface area contributed by atoms with E-state index in [1.807, 2.05) is 24.3 Å². The van der Waals surface area contributed by atoms with Crippen molar-refractivity contribution in [2.45, 2.75) is 12.8 Å². The van der Waals surface area contributed by atoms with Crippen molar-refractivity contribution in [2.75, 3.05) is 38.6 Å². The molecule has 0 atom stereocenters. The van der Waals surface area contributed by atoms with Crippen LogP contribution in [0.1, 0.15) is 18.4 Å². The fourth-order valence-electron chi connectivity index (χ4n) is 2.68. The predicted octanol–water partition coefficient (Wildman–Crippen LogP) is 1.56. The molecule has 0 aromatic heterocycles. The van der Waals surface area contributed by atoms with Gasteiger partial charge in [-0.3, -0.25) is 0 Å². The number of anilines is 1. The van der Waals surface area contributed by atoms with Gasteiger partial charge in [0.05, 0.1) is 0 Å². The minimum Gasteiger partial charge on any atom is -0.409 e. The molecule has 0 saturated carbocycles. The second-order valence-electron chi connectivity index (χ2n) is 5.66. The summed E-state index contributed by atoms with van der Waals surface area (Å²) in [6, 6.07) is 7.80. The van der Waals surface area contributed by atoms with Crippen molar-refractivity contribution in [2.24, 2.45) is 16.8 Å². The Kier molecular flexibility index (Phi) is 4.84. The molecule has 3 N–H and O–H groups in total. The summed E-state index contributed by atoms with van der Waals surface area (Å²) >= 11 is 0. The van der Waals surface area contributed by atoms with E-state index in [1.54, 1.807) is 0 Å². The van der Waals surface area contributed by atoms with E-state index in [-0.39, 0.29) is 5.84 Å². The summed E-state index contributed by atoms with van der Waals surface area (Å²) < 4.78 is 0. The van der Waals surface area contributed by atoms with Crippen molar-refractivity contribution >= 4 is 11.5 Å². The molecule has 1 aromatic carbocycles. The molecule has 20 heavy (non-hydrogen) atoms. The molecular weight excluding hydrogens is 252 g/mol. The highest BCUT2D eigenvalue weighted by Gasteiger charge is 2.18. The average molecular weight is 276 g/mol. The van der Waals surface area contributed by atoms with Crippen LogP contribution in [0.2, 0.25) is 0 Å². The summed E-state index contributed by atoms with van der Waals surface area (Å²) in [5, 5.41) is 11.7. The largest absolute Gasteiger partial charge is 0.409 e. The Morgan fingerprint density at radius 1 is 1.35 bits per heavy atom. The summed E-state index contributed by atoms with van der Waals surface area (Å²) in [5.74, 6) is 0.912. The highest BCUT2D eigenvalue weighted by molar-refractivity contribution is 5.97. The number of likely N-dealkylation sites (tertiary alicyclic amines) is 1. The van der Waals surface area contributed by atoms with Gasteiger partial charge in [0, 0.05) is 24.8 Å². The van der Waals surface area contributed by atoms with Gasteiger partial charge in [-0.1, -0.05) is 5.16 Å². The third-order valence-corrected chi connectivity index (χ3v) is 4.08. The Morgan fingerprint density at radius 3 is 2.50 bits per heavy atom. The first kappa shape index (κ1) is 14.7. The normalized spacial score (nSPS) is 18.2. The number of amidine groups is 1. The zero-order valence-corrected chi connectivity index (χ0v) is 12.3. The lowest BCUT2D eigenvalue weighted by atomic mass is 9.96. The van der Waals surface area contributed by atoms with Gasteiger partial charge in [0.15, 0.2) is 5.84 Å². The van der Waals surface area contributed by atoms with Crippen LogP contribution in [0.25, 0.3) is 0 Å². The zero-order valence-electron chi connectivity index (χ0n) is 12.3. The van der Waals surface area contributed by atoms with Crippen LogP contribution in [0, 0.1) is 5.92 Å². The van der Waals surface area contributed by atoms with Crippen LogP contribution in [0.5, 0.6) is 0 Å². The molecule has 1 saturated heterocycles. The highest BCUT2D eigenvalue weighted by Crippen LogP contribution is 2.20. The van der Waals surface area contributed by atoms with Gasteiger partial charge in [0.1, 0.15) is 0 Å². The number of piperidine rings is 1. The molecule has 5 nitrogen and oxygen atoms in total. The van der Waals surface area contributed by atoms with Gasteiger partial charge >= 0.3 is 0 Å². The molecule has 1 aliphatic rings. The minimum absolute atomic E-state index is 0.148. The molecule has 0 amide bonds. The number of hydrogen-bond donors (Lipinski definition) is 2. The van der Waals surface area contributed by atoms with E-state index in [1.165, 1.54) is 31.6 Å². The van der Waals surface area contributed by atoms with Gasteiger partial charge < -0.3 is 20.7 Å². The summed E-state index contributed by atoms with van der Waals surface area (Å²) in [6.07, 6.45) is 2.53. The van der Waals surface area contributed by atoms with Crippen LogP contribution >= 0.6 is 0 Å². The molecule has 0 spiro atoms. The van der Waals surface area contributed by atoms with Crippen molar-refractivity contribution in [3.05, 3.63) is 29.8 Å². The van der Waals surface area contributed by atoms with Crippen molar-refractivity contribution in [3.63, 3.8) is 0 Å². The maximum atomic E-state index is 8.65. The molecule has 1 heterocycles. The maximum absolute atomic E-state index is 8.65. The number of oxime groups is 1. The van der Waals surface area contributed by atoms with E-state index in [9.17, 15) is 0 Å². The van der Waals surface area contributed by atoms with E-state index in [0.717, 1.165) is 18.0 Å². The predicted molar refractivity (Wildman–Crippen MR) is 82.4 cm³/mol. The first-order valence-corrected chi connectivity index (χ1v) is 7.08. The lowest BCUT2D eigenvalue weighted by Gasteiger charge is -2.32. The van der Waals surface area contributed by atoms with E-state index < -0.39 is 0 Å². The second kappa shape index (κ2) is 6.61. The molecule has 2 rings (SSSR count). The van der Waals surface area contributed by atoms with E-state index >= 15 is 0 Å². The van der Waals surface area contributed by atoms with E-state index in [4.69, 9.17) is 10.9 Å². The van der Waals surface area contributed by atoms with Crippen LogP contribution < -0.4 is 10.6 Å². The topological polar surface area (TPSA) is 65.1 Å². The van der Waals surface area contributed by atoms with Gasteiger partial charge in [-0.15, -0.1) is 0 Å². The summed E-state index contributed by atoms with van der Waals surface area (Å²) in [6.45, 7) is 3.47. The quantitative estimate of drug-likeness (QED) is 0.379. The molecule has 1 aromatic rings. The Hall–Kier alpha value is -1.75. The Balaban J connectivity index is 1.94. The van der Waals surface area contributed by atoms with E-state index in [0.29, 0.717) is 0 Å². The molecular formula is C15H24N4O. The number of rotatable bonds is 4. The third-order valence-electron chi connectivity index (χ3n) is 4.08. The monoisotopic (exact) mass is 276 g/mol. The molecule has 0 bridgehead atoms. The van der Waals surface area contributed by atoms with Gasteiger partial charge in [-0.25, -0.2) is 0 Å². The summed E-state index contributed by atoms with van der Waals surface area (Å²) in [7, 11) is 4.31. The van der Waals surface area contributed by atoms with Crippen LogP contribution in [0.3, 0.4) is 0 Å². The van der Waals surface area contributed by atoms with Crippen molar-refractivity contribution in [1.29, 1.82) is 0 Å². The zero-order chi connectivity index (χ0) is 14.5. The molecule has 0 unspecified atom stereocenters. The lowest BCUT2D eigenvalue weighted by molar-refractivity contribution is 0.222. The van der Waals surface area contributed by atoms with Crippen molar-refractivity contribution in [1.82, 2.24) is 4.90 Å². The number of nitrogens with two attached hydrogens (primary N) is 1. The van der Waals surface area contributed by atoms with Gasteiger partial charge in [0.2, 0.25) is 0 Å². The summed E-state index contributed by atoms with van der Waals surface area (Å²) in [5.41, 5.74) is 7.47. The van der Waals surface area contributed by atoms with E-state index in [2.05, 4.69) is 29.1 Å². The fraction of sp³-hybridized carbons (Fsp3) is 0.533. The Bertz CT molecular complexity index is 449. The van der Waals surface area contributed by atoms with Crippen LogP contribution in [-0.4, -0.2) is 49.7 Å². The lowest BCUT2D eigenvalue weighted by Crippen LogP contribution is -2.35. The van der Waals surface area contributed by atoms with Gasteiger partial charge in [-0.2, -0.15) is 0 Å². The first-order chi connectivity index (χ1) is 9.60. The maximum Gasteiger partial charge on any atom is 0.170 e. The Morgan fingerprint density at radius 2 is 1.95 bits per heavy atom. The summed E-state index contributed by atoms with van der Waals surface area (Å²) in [4.78, 5) is 4.67. The molecule has 110 valence electrons. The standard InChI is InChI=1S/C15H24N4O/c1-18-9-7-12(8-10-18)11-19(2)14-5-3-13(4-6-14)15(16)17-20/h3-6,12,20H,7-11H2,1-2H3,(H2,16,17). The highest BCUT2D eigenvalue weighted by atomic mass is 16.4. The molecule has 5 heteroatoms. The number of hydrogen-bond acceptors (Lipinski definition) is 4. The molecule has 0 aliphatic carbocycles. The number of nitrogens with zero attached hydrogens (tertiary/aromatic N) is 3. The van der Waals surface area contributed by atoms with Gasteiger partial charge in [0.25, 0.3) is 0 Å². The van der Waals surface area contributed by atoms with Crippen molar-refractivity contribution < 1.29 is 5.21 Å². The van der Waals surface area contributed by atoms with Crippen LogP contribution in [0.15, 0.2) is 29.4 Å². The smallest absolute Gasteiger partial charge is 0.170 e.